The van der Waals surface area contributed by atoms with Crippen molar-refractivity contribution in [1.82, 2.24) is 4.90 Å². The molecule has 1 aliphatic heterocycles. The predicted molar refractivity (Wildman–Crippen MR) is 47.5 cm³/mol. The Morgan fingerprint density at radius 1 is 1.43 bits per heavy atom. The van der Waals surface area contributed by atoms with E-state index in [1.54, 1.807) is 0 Å². The van der Waals surface area contributed by atoms with Crippen molar-refractivity contribution in [1.29, 1.82) is 0 Å². The zero-order valence-corrected chi connectivity index (χ0v) is 7.78. The summed E-state index contributed by atoms with van der Waals surface area (Å²) in [4.78, 5) is 33.0. The third kappa shape index (κ3) is 2.25. The zero-order valence-electron chi connectivity index (χ0n) is 6.97. The smallest absolute Gasteiger partial charge is 0.352 e. The Kier molecular flexibility index (Phi) is 3.13. The van der Waals surface area contributed by atoms with E-state index >= 15 is 0 Å². The van der Waals surface area contributed by atoms with Crippen LogP contribution < -0.4 is 0 Å². The van der Waals surface area contributed by atoms with Crippen LogP contribution in [0.4, 0.5) is 0 Å². The van der Waals surface area contributed by atoms with Crippen LogP contribution >= 0.6 is 11.8 Å². The number of rotatable bonds is 3. The molecule has 76 valence electrons. The Balaban J connectivity index is 2.93. The number of carbonyl (C=O) groups excluding carboxylic acids is 1. The number of carboxylic acids is 2. The average molecular weight is 217 g/mol. The lowest BCUT2D eigenvalue weighted by Gasteiger charge is -2.13. The second kappa shape index (κ2) is 4.14. The number of hydrogen-bond donors (Lipinski definition) is 2. The third-order valence-electron chi connectivity index (χ3n) is 1.52. The van der Waals surface area contributed by atoms with Crippen molar-refractivity contribution >= 4 is 29.6 Å². The molecule has 0 saturated carbocycles. The highest BCUT2D eigenvalue weighted by Gasteiger charge is 2.28. The molecule has 14 heavy (non-hydrogen) atoms. The van der Waals surface area contributed by atoms with Gasteiger partial charge in [-0.05, 0) is 0 Å². The van der Waals surface area contributed by atoms with Crippen molar-refractivity contribution in [2.45, 2.75) is 0 Å². The van der Waals surface area contributed by atoms with Crippen molar-refractivity contribution in [3.8, 4) is 0 Å². The molecule has 0 atom stereocenters. The van der Waals surface area contributed by atoms with Gasteiger partial charge in [-0.2, -0.15) is 0 Å². The average Bonchev–Trinajstić information content (AvgIpc) is 2.46. The van der Waals surface area contributed by atoms with Gasteiger partial charge in [-0.3, -0.25) is 9.69 Å². The fourth-order valence-electron chi connectivity index (χ4n) is 0.950. The van der Waals surface area contributed by atoms with Crippen molar-refractivity contribution in [2.24, 2.45) is 0 Å². The second-order valence-corrected chi connectivity index (χ2v) is 3.43. The molecule has 0 spiro atoms. The first-order chi connectivity index (χ1) is 6.52. The van der Waals surface area contributed by atoms with Crippen LogP contribution in [0.3, 0.4) is 0 Å². The molecular weight excluding hydrogens is 210 g/mol. The van der Waals surface area contributed by atoms with Crippen LogP contribution in [0.5, 0.6) is 0 Å². The molecule has 1 saturated heterocycles. The van der Waals surface area contributed by atoms with Gasteiger partial charge in [0.25, 0.3) is 0 Å². The van der Waals surface area contributed by atoms with E-state index in [0.717, 1.165) is 4.90 Å². The fraction of sp³-hybridized carbons (Fsp3) is 0.286. The molecule has 0 aromatic heterocycles. The minimum Gasteiger partial charge on any atom is -0.478 e. The molecule has 1 heterocycles. The molecule has 6 nitrogen and oxygen atoms in total. The summed E-state index contributed by atoms with van der Waals surface area (Å²) in [5.74, 6) is -2.81. The molecule has 1 fully saturated rings. The van der Waals surface area contributed by atoms with Crippen molar-refractivity contribution in [3.05, 3.63) is 11.8 Å². The van der Waals surface area contributed by atoms with Gasteiger partial charge in [0.15, 0.2) is 0 Å². The number of carboxylic acid groups (broad SMARTS) is 2. The van der Waals surface area contributed by atoms with Gasteiger partial charge >= 0.3 is 11.9 Å². The van der Waals surface area contributed by atoms with Gasteiger partial charge in [-0.15, -0.1) is 11.8 Å². The van der Waals surface area contributed by atoms with Gasteiger partial charge in [0.1, 0.15) is 5.70 Å². The van der Waals surface area contributed by atoms with E-state index in [-0.39, 0.29) is 17.5 Å². The summed E-state index contributed by atoms with van der Waals surface area (Å²) in [6, 6.07) is 0. The molecule has 0 aromatic carbocycles. The van der Waals surface area contributed by atoms with Crippen molar-refractivity contribution < 1.29 is 24.6 Å². The number of hydrogen-bond acceptors (Lipinski definition) is 4. The first-order valence-corrected chi connectivity index (χ1v) is 4.74. The van der Waals surface area contributed by atoms with E-state index < -0.39 is 17.6 Å². The Morgan fingerprint density at radius 3 is 2.43 bits per heavy atom. The highest BCUT2D eigenvalue weighted by Crippen LogP contribution is 2.20. The minimum atomic E-state index is -1.41. The monoisotopic (exact) mass is 217 g/mol. The lowest BCUT2D eigenvalue weighted by molar-refractivity contribution is -0.139. The molecular formula is C7H7NO5S. The molecule has 1 rings (SSSR count). The largest absolute Gasteiger partial charge is 0.478 e. The van der Waals surface area contributed by atoms with Crippen LogP contribution in [0.15, 0.2) is 11.8 Å². The van der Waals surface area contributed by atoms with E-state index in [2.05, 4.69) is 0 Å². The number of carbonyl (C=O) groups is 3. The summed E-state index contributed by atoms with van der Waals surface area (Å²) in [6.45, 7) is 0. The third-order valence-corrected chi connectivity index (χ3v) is 2.41. The normalized spacial score (nSPS) is 17.3. The van der Waals surface area contributed by atoms with E-state index in [4.69, 9.17) is 10.2 Å². The molecule has 0 aliphatic carbocycles. The van der Waals surface area contributed by atoms with Gasteiger partial charge in [-0.25, -0.2) is 9.59 Å². The SMILES string of the molecule is O=C(O)/C=C(\C(=O)O)N1CSCC1=O. The summed E-state index contributed by atoms with van der Waals surface area (Å²) in [5.41, 5.74) is -0.493. The van der Waals surface area contributed by atoms with E-state index in [0.29, 0.717) is 6.08 Å². The van der Waals surface area contributed by atoms with Gasteiger partial charge < -0.3 is 10.2 Å². The van der Waals surface area contributed by atoms with Gasteiger partial charge in [0, 0.05) is 0 Å². The summed E-state index contributed by atoms with van der Waals surface area (Å²) >= 11 is 1.24. The first kappa shape index (κ1) is 10.6. The summed E-state index contributed by atoms with van der Waals surface area (Å²) in [6.07, 6.45) is 0.520. The van der Waals surface area contributed by atoms with Gasteiger partial charge in [-0.1, -0.05) is 0 Å². The first-order valence-electron chi connectivity index (χ1n) is 3.58. The van der Waals surface area contributed by atoms with Crippen LogP contribution in [0.1, 0.15) is 0 Å². The molecule has 1 aliphatic rings. The van der Waals surface area contributed by atoms with Crippen LogP contribution in [-0.4, -0.2) is 44.6 Å². The fourth-order valence-corrected chi connectivity index (χ4v) is 1.84. The number of nitrogens with zero attached hydrogens (tertiary/aromatic N) is 1. The second-order valence-electron chi connectivity index (χ2n) is 2.47. The van der Waals surface area contributed by atoms with Crippen LogP contribution in [0.25, 0.3) is 0 Å². The Labute approximate surface area is 83.2 Å². The summed E-state index contributed by atoms with van der Waals surface area (Å²) in [5, 5.41) is 17.1. The maximum atomic E-state index is 11.1. The van der Waals surface area contributed by atoms with E-state index in [9.17, 15) is 14.4 Å². The van der Waals surface area contributed by atoms with Gasteiger partial charge in [0.2, 0.25) is 5.91 Å². The quantitative estimate of drug-likeness (QED) is 0.623. The Hall–Kier alpha value is -1.50. The topological polar surface area (TPSA) is 94.9 Å². The van der Waals surface area contributed by atoms with Crippen LogP contribution in [-0.2, 0) is 14.4 Å². The molecule has 0 bridgehead atoms. The molecule has 0 aromatic rings. The van der Waals surface area contributed by atoms with Crippen molar-refractivity contribution in [3.63, 3.8) is 0 Å². The summed E-state index contributed by atoms with van der Waals surface area (Å²) < 4.78 is 0. The highest BCUT2D eigenvalue weighted by molar-refractivity contribution is 8.00. The molecule has 0 radical (unpaired) electrons. The zero-order chi connectivity index (χ0) is 10.7. The molecule has 1 amide bonds. The predicted octanol–water partition coefficient (Wildman–Crippen LogP) is -0.428. The van der Waals surface area contributed by atoms with Crippen LogP contribution in [0.2, 0.25) is 0 Å². The van der Waals surface area contributed by atoms with Crippen molar-refractivity contribution in [2.75, 3.05) is 11.6 Å². The minimum absolute atomic E-state index is 0.185. The lowest BCUT2D eigenvalue weighted by Crippen LogP contribution is -2.29. The highest BCUT2D eigenvalue weighted by atomic mass is 32.2. The lowest BCUT2D eigenvalue weighted by atomic mass is 10.3. The molecule has 2 N–H and O–H groups in total. The van der Waals surface area contributed by atoms with Crippen LogP contribution in [0, 0.1) is 0 Å². The number of amides is 1. The van der Waals surface area contributed by atoms with E-state index in [1.807, 2.05) is 0 Å². The maximum Gasteiger partial charge on any atom is 0.352 e. The maximum absolute atomic E-state index is 11.1. The molecule has 7 heteroatoms. The van der Waals surface area contributed by atoms with Gasteiger partial charge in [0.05, 0.1) is 17.7 Å². The number of thioether (sulfide) groups is 1. The Bertz CT molecular complexity index is 324. The van der Waals surface area contributed by atoms with E-state index in [1.165, 1.54) is 11.8 Å². The standard InChI is InChI=1S/C7H7NO5S/c9-5-2-14-3-8(5)4(7(12)13)1-6(10)11/h1H,2-3H2,(H,10,11)(H,12,13)/b4-1+. The molecule has 0 unspecified atom stereocenters. The number of aliphatic carboxylic acids is 2. The Morgan fingerprint density at radius 2 is 2.07 bits per heavy atom. The summed E-state index contributed by atoms with van der Waals surface area (Å²) in [7, 11) is 0.